The maximum atomic E-state index is 12.5. The van der Waals surface area contributed by atoms with E-state index in [1.807, 2.05) is 12.1 Å². The van der Waals surface area contributed by atoms with E-state index in [4.69, 9.17) is 19.3 Å². The van der Waals surface area contributed by atoms with Crippen molar-refractivity contribution in [2.75, 3.05) is 13.7 Å². The lowest BCUT2D eigenvalue weighted by atomic mass is 10.1. The summed E-state index contributed by atoms with van der Waals surface area (Å²) in [7, 11) is 1.49. The molecule has 0 radical (unpaired) electrons. The summed E-state index contributed by atoms with van der Waals surface area (Å²) < 4.78 is 16.6. The molecule has 8 nitrogen and oxygen atoms in total. The molecule has 0 bridgehead atoms. The number of aromatic carboxylic acids is 1. The van der Waals surface area contributed by atoms with Crippen LogP contribution < -0.4 is 19.6 Å². The average molecular weight is 460 g/mol. The number of carboxylic acids is 1. The Bertz CT molecular complexity index is 1190. The average Bonchev–Trinajstić information content (AvgIpc) is 2.86. The highest BCUT2D eigenvalue weighted by molar-refractivity contribution is 5.95. The minimum Gasteiger partial charge on any atom is -0.493 e. The van der Waals surface area contributed by atoms with Crippen LogP contribution in [0.5, 0.6) is 17.2 Å². The lowest BCUT2D eigenvalue weighted by Gasteiger charge is -2.10. The van der Waals surface area contributed by atoms with Crippen LogP contribution in [-0.4, -0.2) is 36.9 Å². The number of rotatable bonds is 11. The SMILES string of the molecule is C=CCOc1ccc(C(=O)N/N=C/c2ccccc2OCc2ccc(C(=O)O)cc2)cc1OC. The van der Waals surface area contributed by atoms with Crippen LogP contribution in [0.4, 0.5) is 0 Å². The van der Waals surface area contributed by atoms with Gasteiger partial charge in [-0.1, -0.05) is 36.9 Å². The van der Waals surface area contributed by atoms with Gasteiger partial charge in [0.15, 0.2) is 11.5 Å². The molecule has 0 aliphatic rings. The van der Waals surface area contributed by atoms with Crippen molar-refractivity contribution in [3.05, 3.63) is 102 Å². The summed E-state index contributed by atoms with van der Waals surface area (Å²) in [6.45, 7) is 4.17. The second-order valence-corrected chi connectivity index (χ2v) is 6.99. The Labute approximate surface area is 197 Å². The third-order valence-corrected chi connectivity index (χ3v) is 4.67. The number of hydrogen-bond donors (Lipinski definition) is 2. The minimum atomic E-state index is -0.980. The highest BCUT2D eigenvalue weighted by atomic mass is 16.5. The van der Waals surface area contributed by atoms with Gasteiger partial charge in [0.1, 0.15) is 19.0 Å². The van der Waals surface area contributed by atoms with E-state index in [1.54, 1.807) is 48.5 Å². The largest absolute Gasteiger partial charge is 0.493 e. The van der Waals surface area contributed by atoms with Crippen molar-refractivity contribution in [2.24, 2.45) is 5.10 Å². The third-order valence-electron chi connectivity index (χ3n) is 4.67. The van der Waals surface area contributed by atoms with Crippen LogP contribution in [0.3, 0.4) is 0 Å². The fourth-order valence-electron chi connectivity index (χ4n) is 2.93. The molecule has 1 amide bonds. The van der Waals surface area contributed by atoms with Crippen molar-refractivity contribution in [3.63, 3.8) is 0 Å². The van der Waals surface area contributed by atoms with Crippen molar-refractivity contribution in [2.45, 2.75) is 6.61 Å². The number of carboxylic acid groups (broad SMARTS) is 1. The van der Waals surface area contributed by atoms with Gasteiger partial charge in [-0.25, -0.2) is 10.2 Å². The summed E-state index contributed by atoms with van der Waals surface area (Å²) in [5.41, 5.74) is 4.54. The number of carbonyl (C=O) groups excluding carboxylic acids is 1. The first-order valence-corrected chi connectivity index (χ1v) is 10.3. The Morgan fingerprint density at radius 3 is 2.41 bits per heavy atom. The smallest absolute Gasteiger partial charge is 0.335 e. The van der Waals surface area contributed by atoms with Gasteiger partial charge >= 0.3 is 5.97 Å². The minimum absolute atomic E-state index is 0.212. The fourth-order valence-corrected chi connectivity index (χ4v) is 2.93. The van der Waals surface area contributed by atoms with E-state index in [0.717, 1.165) is 5.56 Å². The summed E-state index contributed by atoms with van der Waals surface area (Å²) in [6, 6.07) is 18.5. The van der Waals surface area contributed by atoms with Crippen LogP contribution in [0.15, 0.2) is 84.5 Å². The van der Waals surface area contributed by atoms with Crippen LogP contribution in [0.25, 0.3) is 0 Å². The maximum absolute atomic E-state index is 12.5. The lowest BCUT2D eigenvalue weighted by molar-refractivity contribution is 0.0696. The van der Waals surface area contributed by atoms with Crippen molar-refractivity contribution in [3.8, 4) is 17.2 Å². The lowest BCUT2D eigenvalue weighted by Crippen LogP contribution is -2.17. The second-order valence-electron chi connectivity index (χ2n) is 6.99. The van der Waals surface area contributed by atoms with Gasteiger partial charge in [-0.2, -0.15) is 5.10 Å². The standard InChI is InChI=1S/C26H24N2O6/c1-3-14-33-23-13-12-20(15-24(23)32-2)25(29)28-27-16-21-6-4-5-7-22(21)34-17-18-8-10-19(11-9-18)26(30)31/h3-13,15-16H,1,14,17H2,2H3,(H,28,29)(H,30,31)/b27-16+. The molecular formula is C26H24N2O6. The second kappa shape index (κ2) is 11.9. The fraction of sp³-hybridized carbons (Fsp3) is 0.115. The molecule has 0 aliphatic heterocycles. The molecule has 3 aromatic rings. The number of hydrogen-bond acceptors (Lipinski definition) is 6. The Morgan fingerprint density at radius 2 is 1.71 bits per heavy atom. The number of methoxy groups -OCH3 is 1. The molecule has 2 N–H and O–H groups in total. The van der Waals surface area contributed by atoms with Crippen LogP contribution in [-0.2, 0) is 6.61 Å². The molecule has 3 rings (SSSR count). The number of benzene rings is 3. The molecule has 0 atom stereocenters. The predicted molar refractivity (Wildman–Crippen MR) is 128 cm³/mol. The Morgan fingerprint density at radius 1 is 0.971 bits per heavy atom. The highest BCUT2D eigenvalue weighted by Gasteiger charge is 2.11. The molecule has 0 saturated carbocycles. The zero-order valence-corrected chi connectivity index (χ0v) is 18.6. The van der Waals surface area contributed by atoms with Gasteiger partial charge in [-0.15, -0.1) is 0 Å². The summed E-state index contributed by atoms with van der Waals surface area (Å²) in [5, 5.41) is 13.0. The van der Waals surface area contributed by atoms with Gasteiger partial charge < -0.3 is 19.3 Å². The van der Waals surface area contributed by atoms with E-state index >= 15 is 0 Å². The van der Waals surface area contributed by atoms with Crippen molar-refractivity contribution in [1.82, 2.24) is 5.43 Å². The maximum Gasteiger partial charge on any atom is 0.335 e. The Kier molecular flexibility index (Phi) is 8.40. The first-order chi connectivity index (χ1) is 16.5. The first-order valence-electron chi connectivity index (χ1n) is 10.3. The zero-order chi connectivity index (χ0) is 24.3. The van der Waals surface area contributed by atoms with E-state index in [0.29, 0.717) is 35.0 Å². The molecule has 0 aromatic heterocycles. The van der Waals surface area contributed by atoms with Crippen LogP contribution in [0, 0.1) is 0 Å². The number of nitrogens with zero attached hydrogens (tertiary/aromatic N) is 1. The summed E-state index contributed by atoms with van der Waals surface area (Å²) in [4.78, 5) is 23.5. The Balaban J connectivity index is 1.63. The van der Waals surface area contributed by atoms with E-state index in [-0.39, 0.29) is 12.2 Å². The van der Waals surface area contributed by atoms with Gasteiger partial charge in [0.05, 0.1) is 18.9 Å². The van der Waals surface area contributed by atoms with Gasteiger partial charge in [0.25, 0.3) is 5.91 Å². The molecule has 174 valence electrons. The van der Waals surface area contributed by atoms with E-state index in [1.165, 1.54) is 25.5 Å². The molecule has 0 aliphatic carbocycles. The molecule has 34 heavy (non-hydrogen) atoms. The molecule has 0 saturated heterocycles. The van der Waals surface area contributed by atoms with Crippen molar-refractivity contribution in [1.29, 1.82) is 0 Å². The number of para-hydroxylation sites is 1. The van der Waals surface area contributed by atoms with Crippen LogP contribution in [0.1, 0.15) is 31.8 Å². The monoisotopic (exact) mass is 460 g/mol. The molecule has 0 fully saturated rings. The summed E-state index contributed by atoms with van der Waals surface area (Å²) in [5.74, 6) is 0.0983. The van der Waals surface area contributed by atoms with Crippen molar-refractivity contribution >= 4 is 18.1 Å². The third kappa shape index (κ3) is 6.46. The highest BCUT2D eigenvalue weighted by Crippen LogP contribution is 2.28. The van der Waals surface area contributed by atoms with Crippen LogP contribution >= 0.6 is 0 Å². The van der Waals surface area contributed by atoms with Crippen LogP contribution in [0.2, 0.25) is 0 Å². The number of carbonyl (C=O) groups is 2. The first kappa shape index (κ1) is 24.1. The van der Waals surface area contributed by atoms with Gasteiger partial charge in [-0.3, -0.25) is 4.79 Å². The molecule has 0 unspecified atom stereocenters. The van der Waals surface area contributed by atoms with E-state index < -0.39 is 11.9 Å². The number of nitrogens with one attached hydrogen (secondary N) is 1. The number of ether oxygens (including phenoxy) is 3. The Hall–Kier alpha value is -4.59. The molecule has 0 heterocycles. The van der Waals surface area contributed by atoms with Crippen molar-refractivity contribution < 1.29 is 28.9 Å². The molecule has 8 heteroatoms. The molecule has 3 aromatic carbocycles. The summed E-state index contributed by atoms with van der Waals surface area (Å²) in [6.07, 6.45) is 3.10. The zero-order valence-electron chi connectivity index (χ0n) is 18.6. The molecule has 0 spiro atoms. The van der Waals surface area contributed by atoms with Gasteiger partial charge in [0.2, 0.25) is 0 Å². The predicted octanol–water partition coefficient (Wildman–Crippen LogP) is 4.30. The quantitative estimate of drug-likeness (QED) is 0.251. The van der Waals surface area contributed by atoms with Gasteiger partial charge in [-0.05, 0) is 48.0 Å². The van der Waals surface area contributed by atoms with E-state index in [2.05, 4.69) is 17.1 Å². The van der Waals surface area contributed by atoms with Gasteiger partial charge in [0, 0.05) is 11.1 Å². The normalized spacial score (nSPS) is 10.5. The molecular weight excluding hydrogens is 436 g/mol. The summed E-state index contributed by atoms with van der Waals surface area (Å²) >= 11 is 0. The van der Waals surface area contributed by atoms with E-state index in [9.17, 15) is 9.59 Å². The number of amides is 1. The topological polar surface area (TPSA) is 106 Å². The number of hydrazone groups is 1.